The van der Waals surface area contributed by atoms with E-state index in [4.69, 9.17) is 10.5 Å². The van der Waals surface area contributed by atoms with Gasteiger partial charge in [-0.05, 0) is 6.07 Å². The van der Waals surface area contributed by atoms with Crippen LogP contribution in [0.5, 0.6) is 0 Å². The van der Waals surface area contributed by atoms with Crippen molar-refractivity contribution in [3.8, 4) is 0 Å². The zero-order valence-corrected chi connectivity index (χ0v) is 6.91. The molecule has 0 spiro atoms. The molecule has 1 aromatic carbocycles. The van der Waals surface area contributed by atoms with Crippen molar-refractivity contribution in [2.45, 2.75) is 6.61 Å². The van der Waals surface area contributed by atoms with E-state index in [0.29, 0.717) is 18.0 Å². The summed E-state index contributed by atoms with van der Waals surface area (Å²) in [5, 5.41) is 10.4. The number of rotatable bonds is 3. The van der Waals surface area contributed by atoms with E-state index in [1.807, 2.05) is 0 Å². The number of ether oxygens (including phenoxy) is 1. The monoisotopic (exact) mass is 168 g/mol. The van der Waals surface area contributed by atoms with Crippen LogP contribution in [0.15, 0.2) is 18.2 Å². The first-order chi connectivity index (χ1) is 5.77. The number of quaternary nitrogens is 1. The summed E-state index contributed by atoms with van der Waals surface area (Å²) in [6.45, 7) is 0.438. The minimum atomic E-state index is 0.438. The van der Waals surface area contributed by atoms with Gasteiger partial charge in [-0.1, -0.05) is 0 Å². The van der Waals surface area contributed by atoms with Crippen LogP contribution in [-0.2, 0) is 11.3 Å². The minimum Gasteiger partial charge on any atom is -0.630 e. The maximum absolute atomic E-state index is 10.4. The molecule has 4 nitrogen and oxygen atoms in total. The molecule has 0 radical (unpaired) electrons. The van der Waals surface area contributed by atoms with Crippen molar-refractivity contribution >= 4 is 11.4 Å². The lowest BCUT2D eigenvalue weighted by Gasteiger charge is -2.06. The topological polar surface area (TPSA) is 74.9 Å². The number of hydrogen-bond donors (Lipinski definition) is 2. The Kier molecular flexibility index (Phi) is 3.04. The number of anilines is 1. The molecule has 0 bridgehead atoms. The van der Waals surface area contributed by atoms with Crippen LogP contribution in [-0.4, -0.2) is 7.11 Å². The van der Waals surface area contributed by atoms with Crippen molar-refractivity contribution in [3.63, 3.8) is 0 Å². The van der Waals surface area contributed by atoms with E-state index in [-0.39, 0.29) is 0 Å². The Labute approximate surface area is 70.9 Å². The third kappa shape index (κ3) is 1.94. The van der Waals surface area contributed by atoms with Gasteiger partial charge in [-0.15, -0.1) is 0 Å². The molecule has 0 atom stereocenters. The Morgan fingerprint density at radius 2 is 2.33 bits per heavy atom. The summed E-state index contributed by atoms with van der Waals surface area (Å²) in [5.41, 5.74) is 8.55. The van der Waals surface area contributed by atoms with Gasteiger partial charge >= 0.3 is 0 Å². The second-order valence-corrected chi connectivity index (χ2v) is 2.51. The largest absolute Gasteiger partial charge is 0.630 e. The number of benzene rings is 1. The van der Waals surface area contributed by atoms with Crippen LogP contribution in [0.3, 0.4) is 0 Å². The maximum atomic E-state index is 10.4. The molecule has 0 fully saturated rings. The van der Waals surface area contributed by atoms with Crippen molar-refractivity contribution in [3.05, 3.63) is 29.0 Å². The molecule has 4 heteroatoms. The number of nitrogen functional groups attached to an aromatic ring is 1. The molecule has 0 aliphatic rings. The Morgan fingerprint density at radius 3 is 2.92 bits per heavy atom. The van der Waals surface area contributed by atoms with Crippen molar-refractivity contribution in [1.82, 2.24) is 0 Å². The summed E-state index contributed by atoms with van der Waals surface area (Å²) in [7, 11) is 1.59. The molecule has 0 amide bonds. The summed E-state index contributed by atoms with van der Waals surface area (Å²) < 4.78 is 4.91. The Bertz CT molecular complexity index is 263. The van der Waals surface area contributed by atoms with Gasteiger partial charge in [-0.2, -0.15) is 0 Å². The number of methoxy groups -OCH3 is 1. The van der Waals surface area contributed by atoms with Crippen LogP contribution in [0, 0.1) is 5.21 Å². The fraction of sp³-hybridized carbons (Fsp3) is 0.250. The van der Waals surface area contributed by atoms with E-state index in [9.17, 15) is 5.21 Å². The first-order valence-electron chi connectivity index (χ1n) is 3.60. The van der Waals surface area contributed by atoms with Gasteiger partial charge in [0.15, 0.2) is 0 Å². The van der Waals surface area contributed by atoms with Crippen LogP contribution in [0.4, 0.5) is 11.4 Å². The molecule has 0 heterocycles. The second kappa shape index (κ2) is 4.06. The molecule has 0 aliphatic heterocycles. The summed E-state index contributed by atoms with van der Waals surface area (Å²) >= 11 is 0. The van der Waals surface area contributed by atoms with Crippen LogP contribution >= 0.6 is 0 Å². The zero-order chi connectivity index (χ0) is 8.97. The summed E-state index contributed by atoms with van der Waals surface area (Å²) in [4.78, 5) is 0. The van der Waals surface area contributed by atoms with E-state index in [2.05, 4.69) is 0 Å². The highest BCUT2D eigenvalue weighted by molar-refractivity contribution is 5.51. The van der Waals surface area contributed by atoms with E-state index >= 15 is 0 Å². The number of nitrogens with two attached hydrogens (primary N) is 2. The maximum Gasteiger partial charge on any atom is 0.130 e. The predicted molar refractivity (Wildman–Crippen MR) is 46.5 cm³/mol. The second-order valence-electron chi connectivity index (χ2n) is 2.51. The van der Waals surface area contributed by atoms with Crippen LogP contribution in [0.25, 0.3) is 0 Å². The van der Waals surface area contributed by atoms with Gasteiger partial charge in [-0.25, -0.2) is 0 Å². The molecule has 1 aromatic rings. The third-order valence-electron chi connectivity index (χ3n) is 1.60. The molecule has 0 saturated heterocycles. The zero-order valence-electron chi connectivity index (χ0n) is 6.91. The average molecular weight is 168 g/mol. The van der Waals surface area contributed by atoms with Gasteiger partial charge in [0.25, 0.3) is 0 Å². The highest BCUT2D eigenvalue weighted by Crippen LogP contribution is 2.15. The molecule has 4 N–H and O–H groups in total. The van der Waals surface area contributed by atoms with Crippen molar-refractivity contribution < 1.29 is 10.2 Å². The van der Waals surface area contributed by atoms with Gasteiger partial charge in [-0.3, -0.25) is 0 Å². The lowest BCUT2D eigenvalue weighted by molar-refractivity contribution is -0.497. The Hall–Kier alpha value is -1.10. The molecule has 0 saturated carbocycles. The SMILES string of the molecule is COCc1cc([NH2+][O-])ccc1N. The van der Waals surface area contributed by atoms with Crippen LogP contribution < -0.4 is 11.2 Å². The molecule has 1 rings (SSSR count). The van der Waals surface area contributed by atoms with Crippen LogP contribution in [0.1, 0.15) is 5.56 Å². The molecule has 66 valence electrons. The van der Waals surface area contributed by atoms with Crippen molar-refractivity contribution in [2.75, 3.05) is 12.8 Å². The smallest absolute Gasteiger partial charge is 0.130 e. The summed E-state index contributed by atoms with van der Waals surface area (Å²) in [6.07, 6.45) is 0. The molecule has 0 unspecified atom stereocenters. The van der Waals surface area contributed by atoms with Gasteiger partial charge in [0.1, 0.15) is 5.69 Å². The van der Waals surface area contributed by atoms with Gasteiger partial charge in [0.05, 0.1) is 6.61 Å². The molecular weight excluding hydrogens is 156 g/mol. The minimum absolute atomic E-state index is 0.438. The summed E-state index contributed by atoms with van der Waals surface area (Å²) in [5.74, 6) is 0. The lowest BCUT2D eigenvalue weighted by Crippen LogP contribution is -2.70. The van der Waals surface area contributed by atoms with Crippen molar-refractivity contribution in [1.29, 1.82) is 0 Å². The average Bonchev–Trinajstić information content (AvgIpc) is 2.09. The molecule has 0 aliphatic carbocycles. The Morgan fingerprint density at radius 1 is 1.58 bits per heavy atom. The highest BCUT2D eigenvalue weighted by atomic mass is 16.5. The van der Waals surface area contributed by atoms with E-state index in [1.165, 1.54) is 0 Å². The molecular formula is C8H12N2O2. The van der Waals surface area contributed by atoms with E-state index < -0.39 is 0 Å². The normalized spacial score (nSPS) is 10.2. The lowest BCUT2D eigenvalue weighted by atomic mass is 10.2. The van der Waals surface area contributed by atoms with Crippen molar-refractivity contribution in [2.24, 2.45) is 0 Å². The van der Waals surface area contributed by atoms with E-state index in [1.54, 1.807) is 25.3 Å². The molecule has 12 heavy (non-hydrogen) atoms. The van der Waals surface area contributed by atoms with Crippen LogP contribution in [0.2, 0.25) is 0 Å². The van der Waals surface area contributed by atoms with Gasteiger partial charge in [0, 0.05) is 30.5 Å². The van der Waals surface area contributed by atoms with Gasteiger partial charge in [0.2, 0.25) is 0 Å². The number of hydrogen-bond acceptors (Lipinski definition) is 3. The highest BCUT2D eigenvalue weighted by Gasteiger charge is 2.00. The Balaban J connectivity index is 2.91. The molecule has 0 aromatic heterocycles. The summed E-state index contributed by atoms with van der Waals surface area (Å²) in [6, 6.07) is 5.12. The predicted octanol–water partition coefficient (Wildman–Crippen LogP) is 0.108. The van der Waals surface area contributed by atoms with E-state index in [0.717, 1.165) is 11.0 Å². The third-order valence-corrected chi connectivity index (χ3v) is 1.60. The fourth-order valence-electron chi connectivity index (χ4n) is 0.979. The fourth-order valence-corrected chi connectivity index (χ4v) is 0.979. The first-order valence-corrected chi connectivity index (χ1v) is 3.60. The van der Waals surface area contributed by atoms with Gasteiger partial charge < -0.3 is 21.2 Å². The standard InChI is InChI=1S/C8H12N2O2/c1-12-5-6-4-7(10-11)2-3-8(6)9/h2-4H,5,9-10H2,1H3. The quantitative estimate of drug-likeness (QED) is 0.496. The first kappa shape index (κ1) is 8.99.